The quantitative estimate of drug-likeness (QED) is 0.462. The summed E-state index contributed by atoms with van der Waals surface area (Å²) in [4.78, 5) is 15.2. The van der Waals surface area contributed by atoms with Crippen LogP contribution in [0.1, 0.15) is 87.8 Å². The van der Waals surface area contributed by atoms with Gasteiger partial charge >= 0.3 is 0 Å². The maximum atomic E-state index is 6.25. The molecule has 0 spiro atoms. The third kappa shape index (κ3) is 5.88. The second-order valence-corrected chi connectivity index (χ2v) is 10.1. The van der Waals surface area contributed by atoms with Gasteiger partial charge in [-0.2, -0.15) is 0 Å². The van der Waals surface area contributed by atoms with Gasteiger partial charge in [0.1, 0.15) is 23.0 Å². The second-order valence-electron chi connectivity index (χ2n) is 10.1. The van der Waals surface area contributed by atoms with Gasteiger partial charge in [-0.1, -0.05) is 53.4 Å². The molecule has 0 saturated heterocycles. The topological polar surface area (TPSA) is 109 Å². The van der Waals surface area contributed by atoms with Crippen molar-refractivity contribution in [3.8, 4) is 23.7 Å². The Balaban J connectivity index is 1.67. The number of imidazole rings is 2. The van der Waals surface area contributed by atoms with Crippen molar-refractivity contribution in [2.45, 2.75) is 53.6 Å². The summed E-state index contributed by atoms with van der Waals surface area (Å²) < 4.78 is 0. The Morgan fingerprint density at radius 2 is 1.00 bits per heavy atom. The highest BCUT2D eigenvalue weighted by Crippen LogP contribution is 2.29. The number of hydrogen-bond acceptors (Lipinski definition) is 4. The van der Waals surface area contributed by atoms with Gasteiger partial charge in [-0.15, -0.1) is 0 Å². The first-order chi connectivity index (χ1) is 14.9. The zero-order chi connectivity index (χ0) is 23.5. The molecular weight excluding hydrogens is 396 g/mol. The fraction of sp³-hybridized carbons (Fsp3) is 0.385. The summed E-state index contributed by atoms with van der Waals surface area (Å²) in [5.74, 6) is 14.0. The Morgan fingerprint density at radius 3 is 1.31 bits per heavy atom. The van der Waals surface area contributed by atoms with Crippen LogP contribution in [0.2, 0.25) is 0 Å². The van der Waals surface area contributed by atoms with Crippen LogP contribution in [0.15, 0.2) is 36.7 Å². The van der Waals surface area contributed by atoms with Crippen LogP contribution in [0.25, 0.3) is 0 Å². The predicted octanol–water partition coefficient (Wildman–Crippen LogP) is 4.02. The Hall–Kier alpha value is -3.32. The van der Waals surface area contributed by atoms with Crippen molar-refractivity contribution in [3.05, 3.63) is 70.8 Å². The van der Waals surface area contributed by atoms with Crippen LogP contribution in [0.5, 0.6) is 0 Å². The van der Waals surface area contributed by atoms with E-state index in [4.69, 9.17) is 11.5 Å². The van der Waals surface area contributed by atoms with Gasteiger partial charge in [-0.05, 0) is 46.9 Å². The van der Waals surface area contributed by atoms with E-state index in [9.17, 15) is 0 Å². The standard InChI is InChI=1S/C26H32N6/c1-25(2,3)21(27)23-29-15-19(31-23)13-11-17-7-9-18(10-8-17)12-14-20-16-30-24(32-20)22(28)26(4,5)6/h7-10,15-16,21-22H,27-28H2,1-6H3,(H,29,31)(H,30,32)/t21-,22-/m1/s1. The summed E-state index contributed by atoms with van der Waals surface area (Å²) in [6.07, 6.45) is 3.44. The highest BCUT2D eigenvalue weighted by molar-refractivity contribution is 5.46. The van der Waals surface area contributed by atoms with Gasteiger partial charge in [0.05, 0.1) is 24.5 Å². The van der Waals surface area contributed by atoms with E-state index < -0.39 is 0 Å². The lowest BCUT2D eigenvalue weighted by Crippen LogP contribution is -2.27. The first-order valence-corrected chi connectivity index (χ1v) is 10.7. The molecule has 2 heterocycles. The monoisotopic (exact) mass is 428 g/mol. The fourth-order valence-electron chi connectivity index (χ4n) is 2.85. The van der Waals surface area contributed by atoms with Crippen molar-refractivity contribution in [2.75, 3.05) is 0 Å². The van der Waals surface area contributed by atoms with E-state index in [-0.39, 0.29) is 22.9 Å². The van der Waals surface area contributed by atoms with Crippen molar-refractivity contribution in [2.24, 2.45) is 22.3 Å². The zero-order valence-electron chi connectivity index (χ0n) is 19.7. The number of nitrogens with zero attached hydrogens (tertiary/aromatic N) is 2. The van der Waals surface area contributed by atoms with Crippen molar-refractivity contribution < 1.29 is 0 Å². The van der Waals surface area contributed by atoms with Crippen LogP contribution >= 0.6 is 0 Å². The number of benzene rings is 1. The molecule has 6 heteroatoms. The van der Waals surface area contributed by atoms with E-state index >= 15 is 0 Å². The summed E-state index contributed by atoms with van der Waals surface area (Å²) in [5.41, 5.74) is 15.6. The Kier molecular flexibility index (Phi) is 6.60. The molecule has 2 atom stereocenters. The third-order valence-corrected chi connectivity index (χ3v) is 5.21. The molecule has 0 bridgehead atoms. The minimum Gasteiger partial charge on any atom is -0.334 e. The van der Waals surface area contributed by atoms with Gasteiger partial charge in [-0.25, -0.2) is 9.97 Å². The zero-order valence-corrected chi connectivity index (χ0v) is 19.7. The lowest BCUT2D eigenvalue weighted by atomic mass is 9.87. The van der Waals surface area contributed by atoms with Crippen LogP contribution in [0.4, 0.5) is 0 Å². The summed E-state index contributed by atoms with van der Waals surface area (Å²) in [6.45, 7) is 12.5. The molecule has 3 rings (SSSR count). The predicted molar refractivity (Wildman–Crippen MR) is 128 cm³/mol. The SMILES string of the molecule is CC(C)(C)[C@H](N)c1ncc(C#Cc2ccc(C#Cc3cnc([C@@H](N)C(C)(C)C)[nH]3)cc2)[nH]1. The Bertz CT molecular complexity index is 1080. The molecule has 6 nitrogen and oxygen atoms in total. The van der Waals surface area contributed by atoms with Crippen molar-refractivity contribution in [3.63, 3.8) is 0 Å². The molecule has 0 aliphatic rings. The van der Waals surface area contributed by atoms with Gasteiger partial charge in [-0.3, -0.25) is 0 Å². The maximum Gasteiger partial charge on any atom is 0.124 e. The molecule has 32 heavy (non-hydrogen) atoms. The lowest BCUT2D eigenvalue weighted by Gasteiger charge is -2.24. The fourth-order valence-corrected chi connectivity index (χ4v) is 2.85. The minimum absolute atomic E-state index is 0.0736. The summed E-state index contributed by atoms with van der Waals surface area (Å²) >= 11 is 0. The van der Waals surface area contributed by atoms with E-state index in [0.717, 1.165) is 34.2 Å². The summed E-state index contributed by atoms with van der Waals surface area (Å²) in [6, 6.07) is 7.44. The molecule has 166 valence electrons. The summed E-state index contributed by atoms with van der Waals surface area (Å²) in [7, 11) is 0. The highest BCUT2D eigenvalue weighted by atomic mass is 15.0. The molecular formula is C26H32N6. The van der Waals surface area contributed by atoms with Crippen LogP contribution < -0.4 is 11.5 Å². The number of hydrogen-bond donors (Lipinski definition) is 4. The van der Waals surface area contributed by atoms with E-state index in [1.807, 2.05) is 24.3 Å². The lowest BCUT2D eigenvalue weighted by molar-refractivity contribution is 0.316. The molecule has 0 saturated carbocycles. The minimum atomic E-state index is -0.175. The first-order valence-electron chi connectivity index (χ1n) is 10.7. The number of rotatable bonds is 2. The smallest absolute Gasteiger partial charge is 0.124 e. The molecule has 0 aliphatic carbocycles. The Labute approximate surface area is 190 Å². The van der Waals surface area contributed by atoms with E-state index in [1.165, 1.54) is 0 Å². The average molecular weight is 429 g/mol. The second kappa shape index (κ2) is 9.04. The average Bonchev–Trinajstić information content (AvgIpc) is 3.38. The molecule has 2 aromatic heterocycles. The number of nitrogens with one attached hydrogen (secondary N) is 2. The number of H-pyrrole nitrogens is 2. The van der Waals surface area contributed by atoms with Crippen LogP contribution in [0, 0.1) is 34.5 Å². The van der Waals surface area contributed by atoms with E-state index in [1.54, 1.807) is 12.4 Å². The molecule has 6 N–H and O–H groups in total. The molecule has 0 unspecified atom stereocenters. The number of nitrogens with two attached hydrogens (primary N) is 2. The third-order valence-electron chi connectivity index (χ3n) is 5.21. The highest BCUT2D eigenvalue weighted by Gasteiger charge is 2.25. The number of aromatic nitrogens is 4. The van der Waals surface area contributed by atoms with Gasteiger partial charge < -0.3 is 21.4 Å². The first kappa shape index (κ1) is 23.3. The largest absolute Gasteiger partial charge is 0.334 e. The van der Waals surface area contributed by atoms with Crippen molar-refractivity contribution >= 4 is 0 Å². The van der Waals surface area contributed by atoms with Crippen LogP contribution in [0.3, 0.4) is 0 Å². The van der Waals surface area contributed by atoms with E-state index in [0.29, 0.717) is 0 Å². The van der Waals surface area contributed by atoms with Gasteiger partial charge in [0.15, 0.2) is 0 Å². The van der Waals surface area contributed by atoms with E-state index in [2.05, 4.69) is 85.2 Å². The van der Waals surface area contributed by atoms with Crippen molar-refractivity contribution in [1.29, 1.82) is 0 Å². The van der Waals surface area contributed by atoms with Crippen molar-refractivity contribution in [1.82, 2.24) is 19.9 Å². The van der Waals surface area contributed by atoms with Gasteiger partial charge in [0.2, 0.25) is 0 Å². The van der Waals surface area contributed by atoms with Gasteiger partial charge in [0, 0.05) is 11.1 Å². The van der Waals surface area contributed by atoms with Crippen LogP contribution in [-0.2, 0) is 0 Å². The maximum absolute atomic E-state index is 6.25. The molecule has 0 amide bonds. The molecule has 0 aliphatic heterocycles. The normalized spacial score (nSPS) is 13.5. The molecule has 0 radical (unpaired) electrons. The number of aromatic amines is 2. The molecule has 1 aromatic carbocycles. The Morgan fingerprint density at radius 1 is 0.656 bits per heavy atom. The molecule has 0 fully saturated rings. The van der Waals surface area contributed by atoms with Gasteiger partial charge in [0.25, 0.3) is 0 Å². The molecule has 3 aromatic rings. The summed E-state index contributed by atoms with van der Waals surface area (Å²) in [5, 5.41) is 0. The van der Waals surface area contributed by atoms with Crippen LogP contribution in [-0.4, -0.2) is 19.9 Å².